The number of hydrogen-bond donors (Lipinski definition) is 1. The number of ether oxygens (including phenoxy) is 3. The van der Waals surface area contributed by atoms with Crippen molar-refractivity contribution in [1.29, 1.82) is 0 Å². The van der Waals surface area contributed by atoms with E-state index < -0.39 is 6.10 Å². The van der Waals surface area contributed by atoms with Gasteiger partial charge in [-0.25, -0.2) is 5.43 Å². The molecule has 2 aromatic carbocycles. The highest BCUT2D eigenvalue weighted by Crippen LogP contribution is 2.31. The predicted octanol–water partition coefficient (Wildman–Crippen LogP) is 2.33. The van der Waals surface area contributed by atoms with Crippen LogP contribution in [-0.4, -0.2) is 25.0 Å². The molecule has 0 fully saturated rings. The molecule has 2 aromatic rings. The Labute approximate surface area is 133 Å². The number of nitrogens with one attached hydrogen (secondary N) is 1. The number of amides is 1. The summed E-state index contributed by atoms with van der Waals surface area (Å²) in [4.78, 5) is 11.9. The van der Waals surface area contributed by atoms with Crippen LogP contribution in [0.15, 0.2) is 53.6 Å². The van der Waals surface area contributed by atoms with E-state index in [9.17, 15) is 4.79 Å². The van der Waals surface area contributed by atoms with Crippen LogP contribution < -0.4 is 19.6 Å². The number of nitrogens with zero attached hydrogens (tertiary/aromatic N) is 1. The van der Waals surface area contributed by atoms with Gasteiger partial charge in [0.05, 0.1) is 6.21 Å². The molecular formula is C17H16N2O4. The monoisotopic (exact) mass is 312 g/mol. The molecule has 1 amide bonds. The second-order valence-electron chi connectivity index (χ2n) is 4.92. The number of rotatable bonds is 5. The maximum atomic E-state index is 11.9. The van der Waals surface area contributed by atoms with E-state index in [1.807, 2.05) is 24.3 Å². The van der Waals surface area contributed by atoms with Crippen LogP contribution in [-0.2, 0) is 4.79 Å². The van der Waals surface area contributed by atoms with Crippen molar-refractivity contribution < 1.29 is 19.0 Å². The molecule has 1 aliphatic rings. The summed E-state index contributed by atoms with van der Waals surface area (Å²) < 4.78 is 16.0. The fourth-order valence-corrected chi connectivity index (χ4v) is 2.01. The fourth-order valence-electron chi connectivity index (χ4n) is 2.01. The molecule has 0 radical (unpaired) electrons. The van der Waals surface area contributed by atoms with Crippen LogP contribution in [0.2, 0.25) is 0 Å². The number of fused-ring (bicyclic) bond motifs is 1. The molecule has 1 heterocycles. The van der Waals surface area contributed by atoms with Crippen LogP contribution in [0, 0.1) is 0 Å². The summed E-state index contributed by atoms with van der Waals surface area (Å²) in [7, 11) is 0. The van der Waals surface area contributed by atoms with Gasteiger partial charge in [-0.2, -0.15) is 5.10 Å². The van der Waals surface area contributed by atoms with Gasteiger partial charge in [-0.15, -0.1) is 0 Å². The van der Waals surface area contributed by atoms with Crippen molar-refractivity contribution in [3.8, 4) is 17.2 Å². The van der Waals surface area contributed by atoms with Crippen LogP contribution >= 0.6 is 0 Å². The predicted molar refractivity (Wildman–Crippen MR) is 84.8 cm³/mol. The number of benzene rings is 2. The maximum absolute atomic E-state index is 11.9. The van der Waals surface area contributed by atoms with E-state index in [0.29, 0.717) is 17.2 Å². The molecule has 1 N–H and O–H groups in total. The second-order valence-corrected chi connectivity index (χ2v) is 4.92. The zero-order valence-corrected chi connectivity index (χ0v) is 12.6. The summed E-state index contributed by atoms with van der Waals surface area (Å²) >= 11 is 0. The fraction of sp³-hybridized carbons (Fsp3) is 0.176. The molecule has 0 aromatic heterocycles. The van der Waals surface area contributed by atoms with Gasteiger partial charge in [0.25, 0.3) is 5.91 Å². The third kappa shape index (κ3) is 3.79. The van der Waals surface area contributed by atoms with Crippen molar-refractivity contribution in [2.75, 3.05) is 6.79 Å². The first kappa shape index (κ1) is 14.9. The Morgan fingerprint density at radius 1 is 1.22 bits per heavy atom. The van der Waals surface area contributed by atoms with E-state index in [-0.39, 0.29) is 12.7 Å². The highest BCUT2D eigenvalue weighted by atomic mass is 16.7. The standard InChI is InChI=1S/C17H16N2O4/c1-12(23-14-5-3-2-4-6-14)17(20)19-18-10-13-7-8-15-16(9-13)22-11-21-15/h2-10,12H,11H2,1H3,(H,19,20)/b18-10-/t12-/m1/s1. The Hall–Kier alpha value is -3.02. The lowest BCUT2D eigenvalue weighted by molar-refractivity contribution is -0.127. The Balaban J connectivity index is 1.54. The van der Waals surface area contributed by atoms with Gasteiger partial charge in [0.1, 0.15) is 5.75 Å². The zero-order valence-electron chi connectivity index (χ0n) is 12.6. The largest absolute Gasteiger partial charge is 0.481 e. The summed E-state index contributed by atoms with van der Waals surface area (Å²) in [5, 5.41) is 3.93. The van der Waals surface area contributed by atoms with Crippen LogP contribution in [0.4, 0.5) is 0 Å². The lowest BCUT2D eigenvalue weighted by atomic mass is 10.2. The molecule has 23 heavy (non-hydrogen) atoms. The van der Waals surface area contributed by atoms with Gasteiger partial charge in [0, 0.05) is 0 Å². The van der Waals surface area contributed by atoms with E-state index in [1.54, 1.807) is 31.2 Å². The SMILES string of the molecule is C[C@@H](Oc1ccccc1)C(=O)N/N=C\c1ccc2c(c1)OCO2. The summed E-state index contributed by atoms with van der Waals surface area (Å²) in [6.07, 6.45) is 0.890. The lowest BCUT2D eigenvalue weighted by Crippen LogP contribution is -2.33. The first-order valence-electron chi connectivity index (χ1n) is 7.16. The van der Waals surface area contributed by atoms with Gasteiger partial charge < -0.3 is 14.2 Å². The van der Waals surface area contributed by atoms with E-state index >= 15 is 0 Å². The third-order valence-electron chi connectivity index (χ3n) is 3.21. The van der Waals surface area contributed by atoms with Crippen molar-refractivity contribution in [3.05, 3.63) is 54.1 Å². The molecule has 0 saturated carbocycles. The lowest BCUT2D eigenvalue weighted by Gasteiger charge is -2.12. The summed E-state index contributed by atoms with van der Waals surface area (Å²) in [6.45, 7) is 1.89. The van der Waals surface area contributed by atoms with Gasteiger partial charge >= 0.3 is 0 Å². The molecule has 0 bridgehead atoms. The number of para-hydroxylation sites is 1. The van der Waals surface area contributed by atoms with Crippen molar-refractivity contribution in [3.63, 3.8) is 0 Å². The average molecular weight is 312 g/mol. The Bertz CT molecular complexity index is 716. The van der Waals surface area contributed by atoms with Crippen molar-refractivity contribution >= 4 is 12.1 Å². The van der Waals surface area contributed by atoms with Crippen LogP contribution in [0.1, 0.15) is 12.5 Å². The number of carbonyl (C=O) groups is 1. The average Bonchev–Trinajstić information content (AvgIpc) is 3.03. The van der Waals surface area contributed by atoms with Gasteiger partial charge in [-0.05, 0) is 42.8 Å². The molecule has 6 nitrogen and oxygen atoms in total. The zero-order chi connectivity index (χ0) is 16.1. The number of hydrazone groups is 1. The summed E-state index contributed by atoms with van der Waals surface area (Å²) in [5.74, 6) is 1.68. The normalized spacial score (nSPS) is 13.8. The Kier molecular flexibility index (Phi) is 4.42. The minimum atomic E-state index is -0.647. The third-order valence-corrected chi connectivity index (χ3v) is 3.21. The topological polar surface area (TPSA) is 69.2 Å². The molecule has 0 unspecified atom stereocenters. The van der Waals surface area contributed by atoms with Crippen molar-refractivity contribution in [1.82, 2.24) is 5.43 Å². The first-order chi connectivity index (χ1) is 11.2. The molecule has 6 heteroatoms. The van der Waals surface area contributed by atoms with Crippen LogP contribution in [0.3, 0.4) is 0 Å². The molecule has 118 valence electrons. The molecule has 0 aliphatic carbocycles. The summed E-state index contributed by atoms with van der Waals surface area (Å²) in [6, 6.07) is 14.6. The van der Waals surface area contributed by atoms with E-state index in [1.165, 1.54) is 6.21 Å². The Morgan fingerprint density at radius 3 is 2.83 bits per heavy atom. The molecular weight excluding hydrogens is 296 g/mol. The minimum absolute atomic E-state index is 0.223. The highest BCUT2D eigenvalue weighted by molar-refractivity contribution is 5.85. The minimum Gasteiger partial charge on any atom is -0.481 e. The summed E-state index contributed by atoms with van der Waals surface area (Å²) in [5.41, 5.74) is 3.25. The molecule has 3 rings (SSSR count). The molecule has 0 spiro atoms. The quantitative estimate of drug-likeness (QED) is 0.679. The maximum Gasteiger partial charge on any atom is 0.280 e. The van der Waals surface area contributed by atoms with Crippen LogP contribution in [0.5, 0.6) is 17.2 Å². The van der Waals surface area contributed by atoms with Gasteiger partial charge in [0.15, 0.2) is 17.6 Å². The van der Waals surface area contributed by atoms with Gasteiger partial charge in [-0.3, -0.25) is 4.79 Å². The second kappa shape index (κ2) is 6.83. The van der Waals surface area contributed by atoms with E-state index in [4.69, 9.17) is 14.2 Å². The Morgan fingerprint density at radius 2 is 2.00 bits per heavy atom. The van der Waals surface area contributed by atoms with E-state index in [0.717, 1.165) is 5.56 Å². The molecule has 0 saturated heterocycles. The van der Waals surface area contributed by atoms with Crippen LogP contribution in [0.25, 0.3) is 0 Å². The van der Waals surface area contributed by atoms with E-state index in [2.05, 4.69) is 10.5 Å². The van der Waals surface area contributed by atoms with Crippen molar-refractivity contribution in [2.24, 2.45) is 5.10 Å². The molecule has 1 atom stereocenters. The van der Waals surface area contributed by atoms with Gasteiger partial charge in [-0.1, -0.05) is 18.2 Å². The number of hydrogen-bond acceptors (Lipinski definition) is 5. The van der Waals surface area contributed by atoms with Crippen molar-refractivity contribution in [2.45, 2.75) is 13.0 Å². The highest BCUT2D eigenvalue weighted by Gasteiger charge is 2.14. The number of carbonyl (C=O) groups excluding carboxylic acids is 1. The van der Waals surface area contributed by atoms with Gasteiger partial charge in [0.2, 0.25) is 6.79 Å². The smallest absolute Gasteiger partial charge is 0.280 e. The first-order valence-corrected chi connectivity index (χ1v) is 7.16. The molecule has 1 aliphatic heterocycles.